The zero-order valence-electron chi connectivity index (χ0n) is 20.9. The van der Waals surface area contributed by atoms with Gasteiger partial charge in [-0.15, -0.1) is 0 Å². The maximum atomic E-state index is 11.4. The molecule has 8 heteroatoms. The van der Waals surface area contributed by atoms with Crippen molar-refractivity contribution in [3.63, 3.8) is 0 Å². The molecule has 0 spiro atoms. The number of carbonyl (C=O) groups excluding carboxylic acids is 1. The molecule has 6 nitrogen and oxygen atoms in total. The molecule has 3 aliphatic rings. The minimum atomic E-state index is -0.431. The van der Waals surface area contributed by atoms with Crippen LogP contribution in [0, 0.1) is 18.8 Å². The maximum absolute atomic E-state index is 11.4. The number of aryl methyl sites for hydroxylation is 3. The molecule has 0 saturated carbocycles. The van der Waals surface area contributed by atoms with Crippen molar-refractivity contribution in [1.29, 1.82) is 0 Å². The van der Waals surface area contributed by atoms with Crippen molar-refractivity contribution in [2.45, 2.75) is 64.0 Å². The summed E-state index contributed by atoms with van der Waals surface area (Å²) in [6, 6.07) is 6.15. The average Bonchev–Trinajstić information content (AvgIpc) is 3.01. The summed E-state index contributed by atoms with van der Waals surface area (Å²) in [6.45, 7) is 5.35. The number of pyridine rings is 1. The average molecular weight is 576 g/mol. The molecule has 2 amide bonds. The number of amides is 2. The highest BCUT2D eigenvalue weighted by molar-refractivity contribution is 9.10. The maximum Gasteiger partial charge on any atom is 0.314 e. The Hall–Kier alpha value is -1.67. The third-order valence-electron chi connectivity index (χ3n) is 8.61. The number of benzene rings is 1. The van der Waals surface area contributed by atoms with Gasteiger partial charge >= 0.3 is 6.03 Å². The predicted octanol–water partition coefficient (Wildman–Crippen LogP) is 5.25. The third-order valence-corrected chi connectivity index (χ3v) is 9.26. The van der Waals surface area contributed by atoms with E-state index in [1.54, 1.807) is 4.90 Å². The number of halogens is 2. The van der Waals surface area contributed by atoms with Crippen molar-refractivity contribution in [3.8, 4) is 0 Å². The number of hydrogen-bond donors (Lipinski definition) is 2. The van der Waals surface area contributed by atoms with Crippen molar-refractivity contribution in [2.75, 3.05) is 26.2 Å². The van der Waals surface area contributed by atoms with Gasteiger partial charge in [-0.2, -0.15) is 0 Å². The molecule has 1 aromatic heterocycles. The number of primary amides is 1. The predicted molar refractivity (Wildman–Crippen MR) is 146 cm³/mol. The smallest absolute Gasteiger partial charge is 0.314 e. The number of nitrogens with two attached hydrogens (primary N) is 1. The van der Waals surface area contributed by atoms with Gasteiger partial charge in [0.25, 0.3) is 0 Å². The Morgan fingerprint density at radius 2 is 1.83 bits per heavy atom. The first-order valence-corrected chi connectivity index (χ1v) is 14.4. The van der Waals surface area contributed by atoms with Crippen LogP contribution in [0.15, 0.2) is 28.9 Å². The van der Waals surface area contributed by atoms with Crippen molar-refractivity contribution in [3.05, 3.63) is 61.8 Å². The fraction of sp³-hybridized carbons (Fsp3) is 0.571. The van der Waals surface area contributed by atoms with E-state index in [-0.39, 0.29) is 11.9 Å². The van der Waals surface area contributed by atoms with Crippen LogP contribution in [0.2, 0.25) is 5.02 Å². The molecule has 1 aromatic carbocycles. The van der Waals surface area contributed by atoms with E-state index in [0.29, 0.717) is 24.9 Å². The highest BCUT2D eigenvalue weighted by atomic mass is 79.9. The molecule has 3 heterocycles. The van der Waals surface area contributed by atoms with Gasteiger partial charge in [0.15, 0.2) is 0 Å². The fourth-order valence-electron chi connectivity index (χ4n) is 6.70. The number of aromatic nitrogens is 1. The summed E-state index contributed by atoms with van der Waals surface area (Å²) in [5.74, 6) is 1.15. The quantitative estimate of drug-likeness (QED) is 0.522. The molecule has 5 rings (SSSR count). The number of rotatable bonds is 4. The van der Waals surface area contributed by atoms with Crippen LogP contribution < -0.4 is 5.73 Å². The van der Waals surface area contributed by atoms with Gasteiger partial charge in [0.2, 0.25) is 0 Å². The SMILES string of the molecule is Cc1cc(Cl)cc2c1C(C1CCN(C(O)CC3CCN(C(N)=O)CC3)CC1)c1ncc(Br)cc1CC2. The first kappa shape index (κ1) is 26.0. The van der Waals surface area contributed by atoms with E-state index in [1.807, 2.05) is 6.20 Å². The largest absolute Gasteiger partial charge is 0.378 e. The third kappa shape index (κ3) is 5.45. The van der Waals surface area contributed by atoms with Gasteiger partial charge in [-0.05, 0) is 120 Å². The number of piperidine rings is 2. The zero-order valence-corrected chi connectivity index (χ0v) is 23.3. The Bertz CT molecular complexity index is 1110. The van der Waals surface area contributed by atoms with Gasteiger partial charge in [0.05, 0.1) is 5.69 Å². The van der Waals surface area contributed by atoms with Crippen molar-refractivity contribution in [1.82, 2.24) is 14.8 Å². The molecule has 2 fully saturated rings. The zero-order chi connectivity index (χ0) is 25.4. The second kappa shape index (κ2) is 11.0. The molecule has 194 valence electrons. The lowest BCUT2D eigenvalue weighted by Crippen LogP contribution is -2.45. The van der Waals surface area contributed by atoms with Gasteiger partial charge in [-0.25, -0.2) is 4.79 Å². The van der Waals surface area contributed by atoms with Crippen LogP contribution in [0.25, 0.3) is 0 Å². The number of aliphatic hydroxyl groups is 1. The minimum absolute atomic E-state index is 0.250. The van der Waals surface area contributed by atoms with Crippen molar-refractivity contribution < 1.29 is 9.90 Å². The summed E-state index contributed by atoms with van der Waals surface area (Å²) >= 11 is 10.1. The summed E-state index contributed by atoms with van der Waals surface area (Å²) in [6.07, 6.45) is 8.09. The molecule has 1 aliphatic carbocycles. The van der Waals surface area contributed by atoms with Crippen LogP contribution in [0.4, 0.5) is 4.79 Å². The molecule has 0 bridgehead atoms. The molecular formula is C28H36BrClN4O2. The van der Waals surface area contributed by atoms with Gasteiger partial charge in [-0.1, -0.05) is 11.6 Å². The first-order chi connectivity index (χ1) is 17.3. The summed E-state index contributed by atoms with van der Waals surface area (Å²) in [5, 5.41) is 11.9. The molecule has 0 radical (unpaired) electrons. The van der Waals surface area contributed by atoms with Gasteiger partial charge < -0.3 is 15.7 Å². The normalized spacial score (nSPS) is 22.6. The molecule has 3 N–H and O–H groups in total. The number of nitrogens with zero attached hydrogens (tertiary/aromatic N) is 3. The van der Waals surface area contributed by atoms with Crippen molar-refractivity contribution in [2.24, 2.45) is 17.6 Å². The Morgan fingerprint density at radius 1 is 1.14 bits per heavy atom. The number of fused-ring (bicyclic) bond motifs is 2. The number of hydrogen-bond acceptors (Lipinski definition) is 4. The van der Waals surface area contributed by atoms with Crippen LogP contribution in [-0.4, -0.2) is 58.3 Å². The van der Waals surface area contributed by atoms with Gasteiger partial charge in [0, 0.05) is 47.8 Å². The minimum Gasteiger partial charge on any atom is -0.378 e. The van der Waals surface area contributed by atoms with E-state index < -0.39 is 6.23 Å². The number of likely N-dealkylation sites (tertiary alicyclic amines) is 2. The molecular weight excluding hydrogens is 540 g/mol. The summed E-state index contributed by atoms with van der Waals surface area (Å²) in [7, 11) is 0. The molecule has 2 saturated heterocycles. The van der Waals surface area contributed by atoms with Crippen LogP contribution in [-0.2, 0) is 12.8 Å². The number of carbonyl (C=O) groups is 1. The van der Waals surface area contributed by atoms with E-state index >= 15 is 0 Å². The van der Waals surface area contributed by atoms with E-state index in [1.165, 1.54) is 27.9 Å². The monoisotopic (exact) mass is 574 g/mol. The summed E-state index contributed by atoms with van der Waals surface area (Å²) in [5.41, 5.74) is 12.0. The number of aliphatic hydroxyl groups excluding tert-OH is 1. The number of urea groups is 1. The second-order valence-corrected chi connectivity index (χ2v) is 12.2. The van der Waals surface area contributed by atoms with E-state index in [0.717, 1.165) is 67.5 Å². The topological polar surface area (TPSA) is 82.7 Å². The molecule has 2 aromatic rings. The Morgan fingerprint density at radius 3 is 2.53 bits per heavy atom. The van der Waals surface area contributed by atoms with E-state index in [2.05, 4.69) is 46.0 Å². The summed E-state index contributed by atoms with van der Waals surface area (Å²) in [4.78, 5) is 20.3. The van der Waals surface area contributed by atoms with Gasteiger partial charge in [0.1, 0.15) is 6.23 Å². The van der Waals surface area contributed by atoms with Gasteiger partial charge in [-0.3, -0.25) is 9.88 Å². The molecule has 2 unspecified atom stereocenters. The summed E-state index contributed by atoms with van der Waals surface area (Å²) < 4.78 is 1.03. The lowest BCUT2D eigenvalue weighted by molar-refractivity contribution is -0.0370. The van der Waals surface area contributed by atoms with Crippen LogP contribution in [0.3, 0.4) is 0 Å². The highest BCUT2D eigenvalue weighted by Crippen LogP contribution is 2.45. The van der Waals surface area contributed by atoms with Crippen molar-refractivity contribution >= 4 is 33.6 Å². The second-order valence-electron chi connectivity index (χ2n) is 10.8. The van der Waals surface area contributed by atoms with E-state index in [9.17, 15) is 9.90 Å². The Labute approximate surface area is 227 Å². The fourth-order valence-corrected chi connectivity index (χ4v) is 7.37. The van der Waals surface area contributed by atoms with Crippen LogP contribution in [0.1, 0.15) is 66.0 Å². The van der Waals surface area contributed by atoms with E-state index in [4.69, 9.17) is 22.3 Å². The first-order valence-electron chi connectivity index (χ1n) is 13.2. The van der Waals surface area contributed by atoms with Crippen LogP contribution >= 0.6 is 27.5 Å². The standard InChI is InChI=1S/C28H36BrClN4O2/c1-17-12-23(30)15-20-2-3-21-14-22(29)16-32-27(21)26(25(17)20)19-6-10-33(11-7-19)24(35)13-18-4-8-34(9-5-18)28(31)36/h12,14-16,18-19,24,26,35H,2-11,13H2,1H3,(H2,31,36). The lowest BCUT2D eigenvalue weighted by atomic mass is 9.75. The molecule has 2 atom stereocenters. The molecule has 2 aliphatic heterocycles. The highest BCUT2D eigenvalue weighted by Gasteiger charge is 2.36. The van der Waals surface area contributed by atoms with Crippen LogP contribution in [0.5, 0.6) is 0 Å². The molecule has 36 heavy (non-hydrogen) atoms. The Kier molecular flexibility index (Phi) is 7.92. The lowest BCUT2D eigenvalue weighted by Gasteiger charge is -2.40. The Balaban J connectivity index is 1.30.